The zero-order valence-corrected chi connectivity index (χ0v) is 14.9. The third-order valence-electron chi connectivity index (χ3n) is 3.20. The molecule has 2 rings (SSSR count). The second-order valence-electron chi connectivity index (χ2n) is 5.23. The van der Waals surface area contributed by atoms with Gasteiger partial charge in [-0.15, -0.1) is 11.8 Å². The first-order chi connectivity index (χ1) is 12.3. The van der Waals surface area contributed by atoms with Crippen molar-refractivity contribution in [3.8, 4) is 17.2 Å². The monoisotopic (exact) mass is 386 g/mol. The van der Waals surface area contributed by atoms with Crippen molar-refractivity contribution < 1.29 is 32.2 Å². The Morgan fingerprint density at radius 1 is 1.00 bits per heavy atom. The Morgan fingerprint density at radius 2 is 1.50 bits per heavy atom. The maximum Gasteiger partial charge on any atom is 0.416 e. The first kappa shape index (κ1) is 20.0. The minimum absolute atomic E-state index is 0.256. The van der Waals surface area contributed by atoms with E-state index in [1.165, 1.54) is 23.9 Å². The fourth-order valence-corrected chi connectivity index (χ4v) is 2.15. The summed E-state index contributed by atoms with van der Waals surface area (Å²) < 4.78 is 53.5. The zero-order valence-electron chi connectivity index (χ0n) is 14.1. The lowest BCUT2D eigenvalue weighted by Gasteiger charge is -2.14. The van der Waals surface area contributed by atoms with Gasteiger partial charge in [-0.25, -0.2) is 4.79 Å². The molecule has 140 valence electrons. The van der Waals surface area contributed by atoms with Crippen LogP contribution in [0.3, 0.4) is 0 Å². The van der Waals surface area contributed by atoms with E-state index >= 15 is 0 Å². The van der Waals surface area contributed by atoms with Crippen LogP contribution in [0.4, 0.5) is 13.2 Å². The minimum Gasteiger partial charge on any atom is -0.479 e. The summed E-state index contributed by atoms with van der Waals surface area (Å²) in [4.78, 5) is 11.6. The van der Waals surface area contributed by atoms with Gasteiger partial charge in [0.15, 0.2) is 6.10 Å². The molecule has 0 aliphatic heterocycles. The lowest BCUT2D eigenvalue weighted by atomic mass is 10.2. The number of carbonyl (C=O) groups is 1. The summed E-state index contributed by atoms with van der Waals surface area (Å²) in [5.41, 5.74) is -0.740. The van der Waals surface area contributed by atoms with E-state index in [0.29, 0.717) is 11.5 Å². The molecule has 0 unspecified atom stereocenters. The van der Waals surface area contributed by atoms with Gasteiger partial charge in [-0.05, 0) is 61.7 Å². The zero-order chi connectivity index (χ0) is 19.2. The van der Waals surface area contributed by atoms with Crippen LogP contribution in [0, 0.1) is 0 Å². The highest BCUT2D eigenvalue weighted by Crippen LogP contribution is 2.31. The summed E-state index contributed by atoms with van der Waals surface area (Å²) in [5.74, 6) is 0.935. The maximum absolute atomic E-state index is 12.5. The molecule has 8 heteroatoms. The largest absolute Gasteiger partial charge is 0.479 e. The van der Waals surface area contributed by atoms with Crippen molar-refractivity contribution in [1.82, 2.24) is 0 Å². The number of rotatable bonds is 7. The summed E-state index contributed by atoms with van der Waals surface area (Å²) in [6.45, 7) is 1.58. The van der Waals surface area contributed by atoms with Crippen LogP contribution in [0.1, 0.15) is 12.5 Å². The Bertz CT molecular complexity index is 715. The van der Waals surface area contributed by atoms with Gasteiger partial charge in [-0.1, -0.05) is 0 Å². The van der Waals surface area contributed by atoms with E-state index in [9.17, 15) is 18.0 Å². The summed E-state index contributed by atoms with van der Waals surface area (Å²) in [6, 6.07) is 10.8. The van der Waals surface area contributed by atoms with Crippen LogP contribution in [0.5, 0.6) is 17.2 Å². The van der Waals surface area contributed by atoms with Gasteiger partial charge < -0.3 is 14.2 Å². The van der Waals surface area contributed by atoms with Gasteiger partial charge >= 0.3 is 12.1 Å². The number of ether oxygens (including phenoxy) is 3. The van der Waals surface area contributed by atoms with Gasteiger partial charge in [-0.3, -0.25) is 0 Å². The molecule has 0 aliphatic carbocycles. The molecule has 0 saturated carbocycles. The Kier molecular flexibility index (Phi) is 6.79. The first-order valence-corrected chi connectivity index (χ1v) is 8.96. The Balaban J connectivity index is 1.94. The van der Waals surface area contributed by atoms with Crippen molar-refractivity contribution >= 4 is 17.7 Å². The lowest BCUT2D eigenvalue weighted by molar-refractivity contribution is -0.148. The molecule has 2 aromatic carbocycles. The number of thioether (sulfide) groups is 1. The Labute approximate surface area is 153 Å². The topological polar surface area (TPSA) is 44.8 Å². The molecular weight excluding hydrogens is 369 g/mol. The molecular formula is C18H17F3O4S. The molecule has 2 aromatic rings. The normalized spacial score (nSPS) is 12.3. The fourth-order valence-electron chi connectivity index (χ4n) is 1.92. The van der Waals surface area contributed by atoms with E-state index in [-0.39, 0.29) is 11.7 Å². The third kappa shape index (κ3) is 5.87. The molecule has 1 atom stereocenters. The van der Waals surface area contributed by atoms with Gasteiger partial charge in [0.1, 0.15) is 23.2 Å². The van der Waals surface area contributed by atoms with Gasteiger partial charge in [0.05, 0.1) is 5.56 Å². The third-order valence-corrected chi connectivity index (χ3v) is 3.56. The highest BCUT2D eigenvalue weighted by molar-refractivity contribution is 7.98. The Hall–Kier alpha value is -2.35. The van der Waals surface area contributed by atoms with Crippen LogP contribution >= 0.6 is 11.8 Å². The molecule has 0 heterocycles. The lowest BCUT2D eigenvalue weighted by Crippen LogP contribution is -2.25. The second-order valence-corrected chi connectivity index (χ2v) is 6.04. The molecule has 0 N–H and O–H groups in total. The molecule has 0 bridgehead atoms. The summed E-state index contributed by atoms with van der Waals surface area (Å²) in [7, 11) is 0. The van der Waals surface area contributed by atoms with Crippen molar-refractivity contribution in [3.63, 3.8) is 0 Å². The van der Waals surface area contributed by atoms with Gasteiger partial charge in [0, 0.05) is 0 Å². The molecule has 0 aromatic heterocycles. The highest BCUT2D eigenvalue weighted by Gasteiger charge is 2.30. The van der Waals surface area contributed by atoms with E-state index in [1.807, 2.05) is 6.26 Å². The number of alkyl halides is 3. The molecule has 0 saturated heterocycles. The second kappa shape index (κ2) is 8.84. The van der Waals surface area contributed by atoms with Crippen LogP contribution in [-0.4, -0.2) is 24.3 Å². The molecule has 0 fully saturated rings. The first-order valence-electron chi connectivity index (χ1n) is 7.57. The smallest absolute Gasteiger partial charge is 0.416 e. The minimum atomic E-state index is -4.38. The van der Waals surface area contributed by atoms with Gasteiger partial charge in [0.2, 0.25) is 0 Å². The van der Waals surface area contributed by atoms with Crippen molar-refractivity contribution in [3.05, 3.63) is 54.1 Å². The average molecular weight is 386 g/mol. The number of benzene rings is 2. The van der Waals surface area contributed by atoms with Crippen LogP contribution in [0.15, 0.2) is 48.5 Å². The standard InChI is InChI=1S/C18H17F3O4S/c1-12(17(22)23-11-26-2)24-14-7-9-16(10-8-14)25-15-5-3-13(4-6-15)18(19,20)21/h3-10,12H,11H2,1-2H3/t12-/m1/s1. The van der Waals surface area contributed by atoms with Crippen molar-refractivity contribution in [1.29, 1.82) is 0 Å². The van der Waals surface area contributed by atoms with Crippen LogP contribution in [0.2, 0.25) is 0 Å². The SMILES string of the molecule is CSCOC(=O)[C@@H](C)Oc1ccc(Oc2ccc(C(F)(F)F)cc2)cc1. The summed E-state index contributed by atoms with van der Waals surface area (Å²) in [6.07, 6.45) is -3.33. The number of esters is 1. The molecule has 4 nitrogen and oxygen atoms in total. The maximum atomic E-state index is 12.5. The van der Waals surface area contributed by atoms with Crippen molar-refractivity contribution in [2.75, 3.05) is 12.2 Å². The molecule has 0 radical (unpaired) electrons. The van der Waals surface area contributed by atoms with Crippen molar-refractivity contribution in [2.24, 2.45) is 0 Å². The highest BCUT2D eigenvalue weighted by atomic mass is 32.2. The van der Waals surface area contributed by atoms with Crippen molar-refractivity contribution in [2.45, 2.75) is 19.2 Å². The number of hydrogen-bond donors (Lipinski definition) is 0. The average Bonchev–Trinajstić information content (AvgIpc) is 2.61. The quantitative estimate of drug-likeness (QED) is 0.488. The van der Waals surface area contributed by atoms with E-state index in [2.05, 4.69) is 0 Å². The van der Waals surface area contributed by atoms with Crippen LogP contribution in [-0.2, 0) is 15.7 Å². The van der Waals surface area contributed by atoms with Gasteiger partial charge in [-0.2, -0.15) is 13.2 Å². The van der Waals surface area contributed by atoms with Gasteiger partial charge in [0.25, 0.3) is 0 Å². The van der Waals surface area contributed by atoms with E-state index < -0.39 is 23.8 Å². The van der Waals surface area contributed by atoms with E-state index in [1.54, 1.807) is 31.2 Å². The van der Waals surface area contributed by atoms with E-state index in [4.69, 9.17) is 14.2 Å². The van der Waals surface area contributed by atoms with Crippen LogP contribution < -0.4 is 9.47 Å². The molecule has 0 spiro atoms. The Morgan fingerprint density at radius 3 is 2.00 bits per heavy atom. The fraction of sp³-hybridized carbons (Fsp3) is 0.278. The van der Waals surface area contributed by atoms with Crippen LogP contribution in [0.25, 0.3) is 0 Å². The summed E-state index contributed by atoms with van der Waals surface area (Å²) >= 11 is 1.38. The number of hydrogen-bond acceptors (Lipinski definition) is 5. The predicted octanol–water partition coefficient (Wildman–Crippen LogP) is 5.13. The molecule has 26 heavy (non-hydrogen) atoms. The molecule has 0 amide bonds. The predicted molar refractivity (Wildman–Crippen MR) is 92.5 cm³/mol. The molecule has 0 aliphatic rings. The number of halogens is 3. The summed E-state index contributed by atoms with van der Waals surface area (Å²) in [5, 5.41) is 0. The van der Waals surface area contributed by atoms with E-state index in [0.717, 1.165) is 12.1 Å². The number of carbonyl (C=O) groups excluding carboxylic acids is 1.